The predicted molar refractivity (Wildman–Crippen MR) is 151 cm³/mol. The summed E-state index contributed by atoms with van der Waals surface area (Å²) in [7, 11) is 2.89. The Morgan fingerprint density at radius 1 is 0.949 bits per heavy atom. The lowest BCUT2D eigenvalue weighted by Gasteiger charge is -2.27. The molecule has 0 unspecified atom stereocenters. The first kappa shape index (κ1) is 27.3. The molecular formula is C32H31N3O4. The van der Waals surface area contributed by atoms with Crippen molar-refractivity contribution < 1.29 is 19.1 Å². The van der Waals surface area contributed by atoms with Crippen LogP contribution in [0.1, 0.15) is 48.7 Å². The maximum atomic E-state index is 13.6. The number of benzene rings is 3. The van der Waals surface area contributed by atoms with Crippen LogP contribution in [0, 0.1) is 16.7 Å². The van der Waals surface area contributed by atoms with Crippen LogP contribution < -0.4 is 9.64 Å². The van der Waals surface area contributed by atoms with Crippen molar-refractivity contribution in [1.82, 2.24) is 4.98 Å². The minimum atomic E-state index is -0.422. The standard InChI is InChI=1S/C32H31N3O4/c1-32(2,3)18-29(36)35(30-27-12-10-25(31(37)39-5)17-24(27)14-15-34-30)20-21-6-8-22(9-7-21)23-11-13-28(38-4)26(16-23)19-33/h6-17H,18,20H2,1-5H3. The Morgan fingerprint density at radius 3 is 2.31 bits per heavy atom. The number of aromatic nitrogens is 1. The molecule has 39 heavy (non-hydrogen) atoms. The molecule has 4 rings (SSSR count). The van der Waals surface area contributed by atoms with Gasteiger partial charge in [0, 0.05) is 18.0 Å². The number of esters is 1. The third-order valence-electron chi connectivity index (χ3n) is 6.35. The first-order valence-corrected chi connectivity index (χ1v) is 12.6. The van der Waals surface area contributed by atoms with Gasteiger partial charge in [-0.05, 0) is 63.9 Å². The average Bonchev–Trinajstić information content (AvgIpc) is 2.93. The van der Waals surface area contributed by atoms with Gasteiger partial charge in [0.1, 0.15) is 17.6 Å². The van der Waals surface area contributed by atoms with Gasteiger partial charge in [-0.15, -0.1) is 0 Å². The Kier molecular flexibility index (Phi) is 7.96. The zero-order valence-electron chi connectivity index (χ0n) is 22.8. The van der Waals surface area contributed by atoms with Crippen molar-refractivity contribution in [3.8, 4) is 22.9 Å². The van der Waals surface area contributed by atoms with Crippen LogP contribution in [0.2, 0.25) is 0 Å². The molecule has 4 aromatic rings. The molecule has 1 aromatic heterocycles. The summed E-state index contributed by atoms with van der Waals surface area (Å²) in [6.45, 7) is 6.41. The molecule has 198 valence electrons. The summed E-state index contributed by atoms with van der Waals surface area (Å²) in [5.41, 5.74) is 3.47. The molecule has 3 aromatic carbocycles. The third kappa shape index (κ3) is 6.24. The van der Waals surface area contributed by atoms with Crippen LogP contribution in [-0.4, -0.2) is 31.1 Å². The van der Waals surface area contributed by atoms with E-state index in [1.54, 1.807) is 48.5 Å². The second-order valence-corrected chi connectivity index (χ2v) is 10.5. The van der Waals surface area contributed by atoms with Gasteiger partial charge in [0.25, 0.3) is 0 Å². The molecule has 0 atom stereocenters. The highest BCUT2D eigenvalue weighted by atomic mass is 16.5. The van der Waals surface area contributed by atoms with E-state index < -0.39 is 5.97 Å². The lowest BCUT2D eigenvalue weighted by atomic mass is 9.91. The van der Waals surface area contributed by atoms with Gasteiger partial charge in [0.15, 0.2) is 0 Å². The number of rotatable bonds is 7. The number of methoxy groups -OCH3 is 2. The summed E-state index contributed by atoms with van der Waals surface area (Å²) in [5, 5.41) is 11.0. The van der Waals surface area contributed by atoms with Crippen molar-refractivity contribution in [2.24, 2.45) is 5.41 Å². The van der Waals surface area contributed by atoms with Gasteiger partial charge >= 0.3 is 5.97 Å². The summed E-state index contributed by atoms with van der Waals surface area (Å²) in [5.74, 6) is 0.607. The minimum Gasteiger partial charge on any atom is -0.495 e. The van der Waals surface area contributed by atoms with Crippen LogP contribution in [0.15, 0.2) is 72.9 Å². The molecule has 7 nitrogen and oxygen atoms in total. The van der Waals surface area contributed by atoms with E-state index in [1.165, 1.54) is 7.11 Å². The van der Waals surface area contributed by atoms with E-state index in [-0.39, 0.29) is 11.3 Å². The number of ether oxygens (including phenoxy) is 2. The molecule has 1 amide bonds. The molecule has 0 saturated heterocycles. The molecule has 7 heteroatoms. The van der Waals surface area contributed by atoms with Crippen molar-refractivity contribution in [1.29, 1.82) is 5.26 Å². The monoisotopic (exact) mass is 521 g/mol. The second-order valence-electron chi connectivity index (χ2n) is 10.5. The molecule has 0 spiro atoms. The summed E-state index contributed by atoms with van der Waals surface area (Å²) in [6.07, 6.45) is 1.99. The van der Waals surface area contributed by atoms with Crippen LogP contribution in [-0.2, 0) is 16.1 Å². The lowest BCUT2D eigenvalue weighted by Crippen LogP contribution is -2.34. The first-order valence-electron chi connectivity index (χ1n) is 12.6. The number of fused-ring (bicyclic) bond motifs is 1. The molecule has 0 radical (unpaired) electrons. The first-order chi connectivity index (χ1) is 18.6. The second kappa shape index (κ2) is 11.4. The van der Waals surface area contributed by atoms with Crippen molar-refractivity contribution in [2.75, 3.05) is 19.1 Å². The molecular weight excluding hydrogens is 490 g/mol. The van der Waals surface area contributed by atoms with Gasteiger partial charge < -0.3 is 9.47 Å². The van der Waals surface area contributed by atoms with E-state index in [9.17, 15) is 14.9 Å². The van der Waals surface area contributed by atoms with Crippen molar-refractivity contribution in [3.63, 3.8) is 0 Å². The largest absolute Gasteiger partial charge is 0.495 e. The van der Waals surface area contributed by atoms with Gasteiger partial charge in [-0.2, -0.15) is 5.26 Å². The zero-order valence-corrected chi connectivity index (χ0v) is 22.8. The number of pyridine rings is 1. The molecule has 1 heterocycles. The molecule has 0 aliphatic heterocycles. The Morgan fingerprint density at radius 2 is 1.67 bits per heavy atom. The maximum Gasteiger partial charge on any atom is 0.337 e. The van der Waals surface area contributed by atoms with E-state index in [0.29, 0.717) is 35.7 Å². The number of hydrogen-bond acceptors (Lipinski definition) is 6. The fraction of sp³-hybridized carbons (Fsp3) is 0.250. The van der Waals surface area contributed by atoms with E-state index in [0.717, 1.165) is 27.5 Å². The number of anilines is 1. The summed E-state index contributed by atoms with van der Waals surface area (Å²) < 4.78 is 10.1. The van der Waals surface area contributed by atoms with E-state index in [1.807, 2.05) is 57.2 Å². The third-order valence-corrected chi connectivity index (χ3v) is 6.35. The van der Waals surface area contributed by atoms with Crippen LogP contribution >= 0.6 is 0 Å². The van der Waals surface area contributed by atoms with Gasteiger partial charge in [-0.3, -0.25) is 9.69 Å². The smallest absolute Gasteiger partial charge is 0.337 e. The predicted octanol–water partition coefficient (Wildman–Crippen LogP) is 6.54. The number of carbonyl (C=O) groups is 2. The number of amides is 1. The molecule has 0 saturated carbocycles. The van der Waals surface area contributed by atoms with E-state index >= 15 is 0 Å². The fourth-order valence-electron chi connectivity index (χ4n) is 4.41. The Hall–Kier alpha value is -4.70. The Balaban J connectivity index is 1.70. The van der Waals surface area contributed by atoms with E-state index in [4.69, 9.17) is 9.47 Å². The van der Waals surface area contributed by atoms with Crippen LogP contribution in [0.3, 0.4) is 0 Å². The number of hydrogen-bond donors (Lipinski definition) is 0. The van der Waals surface area contributed by atoms with Crippen molar-refractivity contribution in [2.45, 2.75) is 33.7 Å². The van der Waals surface area contributed by atoms with Crippen LogP contribution in [0.25, 0.3) is 21.9 Å². The lowest BCUT2D eigenvalue weighted by molar-refractivity contribution is -0.120. The summed E-state index contributed by atoms with van der Waals surface area (Å²) in [4.78, 5) is 32.0. The van der Waals surface area contributed by atoms with Gasteiger partial charge in [-0.1, -0.05) is 51.1 Å². The van der Waals surface area contributed by atoms with Crippen LogP contribution in [0.5, 0.6) is 5.75 Å². The molecule has 0 fully saturated rings. The fourth-order valence-corrected chi connectivity index (χ4v) is 4.41. The number of nitriles is 1. The highest BCUT2D eigenvalue weighted by Gasteiger charge is 2.25. The van der Waals surface area contributed by atoms with Crippen LogP contribution in [0.4, 0.5) is 5.82 Å². The van der Waals surface area contributed by atoms with E-state index in [2.05, 4.69) is 11.1 Å². The quantitative estimate of drug-likeness (QED) is 0.257. The van der Waals surface area contributed by atoms with Crippen molar-refractivity contribution >= 4 is 28.5 Å². The SMILES string of the molecule is COC(=O)c1ccc2c(N(Cc3ccc(-c4ccc(OC)c(C#N)c4)cc3)C(=O)CC(C)(C)C)nccc2c1. The average molecular weight is 522 g/mol. The highest BCUT2D eigenvalue weighted by molar-refractivity contribution is 6.04. The molecule has 0 N–H and O–H groups in total. The number of nitrogens with zero attached hydrogens (tertiary/aromatic N) is 3. The van der Waals surface area contributed by atoms with Gasteiger partial charge in [0.05, 0.1) is 31.9 Å². The van der Waals surface area contributed by atoms with Gasteiger partial charge in [0.2, 0.25) is 5.91 Å². The molecule has 0 aliphatic carbocycles. The molecule has 0 bridgehead atoms. The summed E-state index contributed by atoms with van der Waals surface area (Å²) in [6, 6.07) is 22.6. The topological polar surface area (TPSA) is 92.5 Å². The minimum absolute atomic E-state index is 0.0440. The number of carbonyl (C=O) groups excluding carboxylic acids is 2. The van der Waals surface area contributed by atoms with Crippen molar-refractivity contribution in [3.05, 3.63) is 89.6 Å². The van der Waals surface area contributed by atoms with Gasteiger partial charge in [-0.25, -0.2) is 9.78 Å². The Bertz CT molecular complexity index is 1560. The normalized spacial score (nSPS) is 11.1. The Labute approximate surface area is 228 Å². The highest BCUT2D eigenvalue weighted by Crippen LogP contribution is 2.31. The summed E-state index contributed by atoms with van der Waals surface area (Å²) >= 11 is 0. The zero-order chi connectivity index (χ0) is 28.2. The molecule has 0 aliphatic rings. The maximum absolute atomic E-state index is 13.6.